The highest BCUT2D eigenvalue weighted by molar-refractivity contribution is 9.10. The summed E-state index contributed by atoms with van der Waals surface area (Å²) < 4.78 is 36.1. The molecular weight excluding hydrogens is 396 g/mol. The van der Waals surface area contributed by atoms with Crippen molar-refractivity contribution in [1.82, 2.24) is 4.98 Å². The summed E-state index contributed by atoms with van der Waals surface area (Å²) >= 11 is 3.29. The van der Waals surface area contributed by atoms with Crippen molar-refractivity contribution in [2.75, 3.05) is 32.7 Å². The van der Waals surface area contributed by atoms with E-state index in [4.69, 9.17) is 9.47 Å². The number of benzene rings is 1. The molecule has 0 bridgehead atoms. The van der Waals surface area contributed by atoms with Gasteiger partial charge in [0, 0.05) is 24.3 Å². The van der Waals surface area contributed by atoms with Crippen molar-refractivity contribution in [1.29, 1.82) is 0 Å². The highest BCUT2D eigenvalue weighted by atomic mass is 79.9. The standard InChI is InChI=1S/C16H19BrN2O4S/c1-22-8-7-18-16-6-3-12(10-19-16)11-24(20,21)15-9-13(17)4-5-14(15)23-2/h3-6,9-10H,7-8,11H2,1-2H3,(H,18,19). The maximum Gasteiger partial charge on any atom is 0.186 e. The van der Waals surface area contributed by atoms with Crippen LogP contribution < -0.4 is 10.1 Å². The summed E-state index contributed by atoms with van der Waals surface area (Å²) in [6.07, 6.45) is 1.55. The van der Waals surface area contributed by atoms with Gasteiger partial charge in [0.1, 0.15) is 16.5 Å². The van der Waals surface area contributed by atoms with E-state index in [0.29, 0.717) is 34.8 Å². The first-order valence-electron chi connectivity index (χ1n) is 7.20. The van der Waals surface area contributed by atoms with Gasteiger partial charge in [0.05, 0.1) is 19.5 Å². The summed E-state index contributed by atoms with van der Waals surface area (Å²) in [5, 5.41) is 3.08. The van der Waals surface area contributed by atoms with E-state index < -0.39 is 9.84 Å². The number of nitrogens with zero attached hydrogens (tertiary/aromatic N) is 1. The molecule has 6 nitrogen and oxygen atoms in total. The minimum atomic E-state index is -3.55. The largest absolute Gasteiger partial charge is 0.495 e. The maximum atomic E-state index is 12.7. The Morgan fingerprint density at radius 3 is 2.62 bits per heavy atom. The maximum absolute atomic E-state index is 12.7. The van der Waals surface area contributed by atoms with Crippen molar-refractivity contribution in [2.24, 2.45) is 0 Å². The first kappa shape index (κ1) is 18.7. The van der Waals surface area contributed by atoms with Crippen molar-refractivity contribution in [3.05, 3.63) is 46.6 Å². The highest BCUT2D eigenvalue weighted by Crippen LogP contribution is 2.29. The quantitative estimate of drug-likeness (QED) is 0.669. The zero-order valence-electron chi connectivity index (χ0n) is 13.5. The zero-order chi connectivity index (χ0) is 17.6. The van der Waals surface area contributed by atoms with Gasteiger partial charge in [0.2, 0.25) is 0 Å². The zero-order valence-corrected chi connectivity index (χ0v) is 15.9. The number of hydrogen-bond acceptors (Lipinski definition) is 6. The summed E-state index contributed by atoms with van der Waals surface area (Å²) in [7, 11) is -0.475. The van der Waals surface area contributed by atoms with Crippen LogP contribution in [0.3, 0.4) is 0 Å². The second-order valence-corrected chi connectivity index (χ2v) is 7.90. The monoisotopic (exact) mass is 414 g/mol. The molecule has 1 aromatic heterocycles. The molecule has 24 heavy (non-hydrogen) atoms. The lowest BCUT2D eigenvalue weighted by Gasteiger charge is -2.10. The molecule has 2 aromatic rings. The lowest BCUT2D eigenvalue weighted by molar-refractivity contribution is 0.210. The van der Waals surface area contributed by atoms with Crippen LogP contribution in [0.5, 0.6) is 5.75 Å². The molecule has 0 aliphatic rings. The van der Waals surface area contributed by atoms with Crippen LogP contribution in [0, 0.1) is 0 Å². The van der Waals surface area contributed by atoms with Crippen molar-refractivity contribution >= 4 is 31.6 Å². The summed E-state index contributed by atoms with van der Waals surface area (Å²) in [5.41, 5.74) is 0.606. The molecule has 0 aliphatic heterocycles. The van der Waals surface area contributed by atoms with Gasteiger partial charge in [-0.25, -0.2) is 13.4 Å². The minimum absolute atomic E-state index is 0.148. The Balaban J connectivity index is 2.16. The molecule has 0 amide bonds. The number of sulfone groups is 1. The Morgan fingerprint density at radius 2 is 2.00 bits per heavy atom. The van der Waals surface area contributed by atoms with Crippen LogP contribution in [-0.2, 0) is 20.3 Å². The molecule has 1 aromatic carbocycles. The molecule has 0 spiro atoms. The number of halogens is 1. The van der Waals surface area contributed by atoms with Crippen LogP contribution in [0.2, 0.25) is 0 Å². The van der Waals surface area contributed by atoms with E-state index in [1.165, 1.54) is 7.11 Å². The molecule has 0 saturated heterocycles. The number of ether oxygens (including phenoxy) is 2. The highest BCUT2D eigenvalue weighted by Gasteiger charge is 2.21. The van der Waals surface area contributed by atoms with E-state index in [2.05, 4.69) is 26.2 Å². The topological polar surface area (TPSA) is 77.5 Å². The van der Waals surface area contributed by atoms with Crippen LogP contribution in [0.4, 0.5) is 5.82 Å². The average Bonchev–Trinajstić information content (AvgIpc) is 2.56. The molecule has 0 aliphatic carbocycles. The van der Waals surface area contributed by atoms with Crippen molar-refractivity contribution in [3.63, 3.8) is 0 Å². The molecule has 130 valence electrons. The van der Waals surface area contributed by atoms with E-state index >= 15 is 0 Å². The Bertz CT molecular complexity index is 779. The summed E-state index contributed by atoms with van der Waals surface area (Å²) in [4.78, 5) is 4.37. The first-order chi connectivity index (χ1) is 11.5. The van der Waals surface area contributed by atoms with Crippen LogP contribution in [0.1, 0.15) is 5.56 Å². The van der Waals surface area contributed by atoms with Crippen LogP contribution >= 0.6 is 15.9 Å². The van der Waals surface area contributed by atoms with E-state index in [9.17, 15) is 8.42 Å². The lowest BCUT2D eigenvalue weighted by atomic mass is 10.3. The van der Waals surface area contributed by atoms with Gasteiger partial charge in [-0.2, -0.15) is 0 Å². The Hall–Kier alpha value is -1.64. The number of rotatable bonds is 8. The molecule has 2 rings (SSSR count). The summed E-state index contributed by atoms with van der Waals surface area (Å²) in [6.45, 7) is 1.21. The fourth-order valence-electron chi connectivity index (χ4n) is 2.09. The molecule has 1 heterocycles. The van der Waals surface area contributed by atoms with Gasteiger partial charge in [0.25, 0.3) is 0 Å². The normalized spacial score (nSPS) is 11.3. The smallest absolute Gasteiger partial charge is 0.186 e. The van der Waals surface area contributed by atoms with Gasteiger partial charge in [-0.1, -0.05) is 22.0 Å². The molecule has 1 N–H and O–H groups in total. The second kappa shape index (κ2) is 8.46. The third-order valence-corrected chi connectivity index (χ3v) is 5.45. The van der Waals surface area contributed by atoms with Crippen LogP contribution in [0.15, 0.2) is 45.9 Å². The van der Waals surface area contributed by atoms with Gasteiger partial charge in [0.15, 0.2) is 9.84 Å². The number of aromatic nitrogens is 1. The van der Waals surface area contributed by atoms with Gasteiger partial charge in [-0.05, 0) is 29.8 Å². The summed E-state index contributed by atoms with van der Waals surface area (Å²) in [5.74, 6) is 0.850. The summed E-state index contributed by atoms with van der Waals surface area (Å²) in [6, 6.07) is 8.39. The molecule has 0 saturated carbocycles. The van der Waals surface area contributed by atoms with Gasteiger partial charge in [-0.15, -0.1) is 0 Å². The predicted octanol–water partition coefficient (Wildman–Crippen LogP) is 2.88. The van der Waals surface area contributed by atoms with Gasteiger partial charge >= 0.3 is 0 Å². The number of methoxy groups -OCH3 is 2. The van der Waals surface area contributed by atoms with Gasteiger partial charge < -0.3 is 14.8 Å². The molecule has 0 atom stereocenters. The molecule has 0 radical (unpaired) electrons. The van der Waals surface area contributed by atoms with E-state index in [-0.39, 0.29) is 10.6 Å². The van der Waals surface area contributed by atoms with E-state index in [0.717, 1.165) is 0 Å². The van der Waals surface area contributed by atoms with Gasteiger partial charge in [-0.3, -0.25) is 0 Å². The molecule has 0 unspecified atom stereocenters. The number of nitrogens with one attached hydrogen (secondary N) is 1. The molecule has 0 fully saturated rings. The Kier molecular flexibility index (Phi) is 6.59. The number of pyridine rings is 1. The van der Waals surface area contributed by atoms with Crippen molar-refractivity contribution in [2.45, 2.75) is 10.6 Å². The predicted molar refractivity (Wildman–Crippen MR) is 96.2 cm³/mol. The van der Waals surface area contributed by atoms with Crippen molar-refractivity contribution in [3.8, 4) is 5.75 Å². The minimum Gasteiger partial charge on any atom is -0.495 e. The van der Waals surface area contributed by atoms with E-state index in [1.807, 2.05) is 0 Å². The van der Waals surface area contributed by atoms with Crippen LogP contribution in [-0.4, -0.2) is 40.8 Å². The third-order valence-electron chi connectivity index (χ3n) is 3.25. The number of anilines is 1. The Labute approximate surface area is 150 Å². The second-order valence-electron chi connectivity index (χ2n) is 5.03. The van der Waals surface area contributed by atoms with Crippen LogP contribution in [0.25, 0.3) is 0 Å². The fraction of sp³-hybridized carbons (Fsp3) is 0.312. The number of hydrogen-bond donors (Lipinski definition) is 1. The lowest BCUT2D eigenvalue weighted by Crippen LogP contribution is -2.10. The Morgan fingerprint density at radius 1 is 1.21 bits per heavy atom. The molecular formula is C16H19BrN2O4S. The first-order valence-corrected chi connectivity index (χ1v) is 9.65. The SMILES string of the molecule is COCCNc1ccc(CS(=O)(=O)c2cc(Br)ccc2OC)cn1. The molecule has 8 heteroatoms. The third kappa shape index (κ3) is 4.93. The van der Waals surface area contributed by atoms with Crippen molar-refractivity contribution < 1.29 is 17.9 Å². The van der Waals surface area contributed by atoms with E-state index in [1.54, 1.807) is 43.6 Å². The fourth-order valence-corrected chi connectivity index (χ4v) is 4.13. The average molecular weight is 415 g/mol.